The van der Waals surface area contributed by atoms with Crippen LogP contribution in [0.1, 0.15) is 25.5 Å². The molecule has 2 heterocycles. The van der Waals surface area contributed by atoms with E-state index < -0.39 is 0 Å². The van der Waals surface area contributed by atoms with E-state index in [1.807, 2.05) is 18.9 Å². The van der Waals surface area contributed by atoms with Gasteiger partial charge < -0.3 is 14.7 Å². The molecular formula is C15H24FN5O. The van der Waals surface area contributed by atoms with Gasteiger partial charge in [-0.3, -0.25) is 0 Å². The molecule has 1 aliphatic heterocycles. The third kappa shape index (κ3) is 3.28. The van der Waals surface area contributed by atoms with Gasteiger partial charge in [-0.2, -0.15) is 0 Å². The molecule has 0 atom stereocenters. The molecule has 0 bridgehead atoms. The van der Waals surface area contributed by atoms with Gasteiger partial charge in [-0.15, -0.1) is 0 Å². The molecule has 1 aromatic heterocycles. The lowest BCUT2D eigenvalue weighted by atomic mass is 10.0. The lowest BCUT2D eigenvalue weighted by Crippen LogP contribution is -2.48. The minimum absolute atomic E-state index is 0.0000593. The lowest BCUT2D eigenvalue weighted by molar-refractivity contribution is 0.155. The third-order valence-electron chi connectivity index (χ3n) is 4.17. The number of rotatable bonds is 3. The summed E-state index contributed by atoms with van der Waals surface area (Å²) in [6, 6.07) is 0.182. The van der Waals surface area contributed by atoms with Gasteiger partial charge >= 0.3 is 6.03 Å². The summed E-state index contributed by atoms with van der Waals surface area (Å²) in [4.78, 5) is 25.3. The fraction of sp³-hybridized carbons (Fsp3) is 0.667. The summed E-state index contributed by atoms with van der Waals surface area (Å²) in [6.07, 6.45) is 3.59. The molecule has 1 aliphatic rings. The number of piperidine rings is 1. The first-order chi connectivity index (χ1) is 10.5. The van der Waals surface area contributed by atoms with E-state index >= 15 is 0 Å². The minimum Gasteiger partial charge on any atom is -0.354 e. The third-order valence-corrected chi connectivity index (χ3v) is 4.17. The maximum atomic E-state index is 14.3. The van der Waals surface area contributed by atoms with Crippen LogP contribution in [0.2, 0.25) is 0 Å². The first kappa shape index (κ1) is 16.5. The molecule has 7 heteroatoms. The highest BCUT2D eigenvalue weighted by molar-refractivity contribution is 5.73. The standard InChI is InChI=1S/C15H24FN5O/c1-5-12-13(16)14(18-10-17-12)21-8-6-11(7-9-21)20(4)15(22)19(2)3/h10-11H,5-9H2,1-4H3. The van der Waals surface area contributed by atoms with Crippen molar-refractivity contribution in [1.29, 1.82) is 0 Å². The van der Waals surface area contributed by atoms with Crippen molar-refractivity contribution in [3.8, 4) is 0 Å². The van der Waals surface area contributed by atoms with E-state index in [2.05, 4.69) is 9.97 Å². The molecule has 0 aliphatic carbocycles. The van der Waals surface area contributed by atoms with Crippen LogP contribution in [-0.2, 0) is 6.42 Å². The van der Waals surface area contributed by atoms with E-state index in [0.29, 0.717) is 31.0 Å². The summed E-state index contributed by atoms with van der Waals surface area (Å²) in [5.74, 6) is 0.0630. The van der Waals surface area contributed by atoms with Gasteiger partial charge in [-0.05, 0) is 19.3 Å². The van der Waals surface area contributed by atoms with E-state index in [9.17, 15) is 9.18 Å². The number of halogens is 1. The highest BCUT2D eigenvalue weighted by Gasteiger charge is 2.28. The summed E-state index contributed by atoms with van der Waals surface area (Å²) >= 11 is 0. The zero-order chi connectivity index (χ0) is 16.3. The molecule has 22 heavy (non-hydrogen) atoms. The SMILES string of the molecule is CCc1ncnc(N2CCC(N(C)C(=O)N(C)C)CC2)c1F. The molecule has 6 nitrogen and oxygen atoms in total. The Kier molecular flexibility index (Phi) is 5.15. The van der Waals surface area contributed by atoms with Crippen molar-refractivity contribution >= 4 is 11.8 Å². The predicted octanol–water partition coefficient (Wildman–Crippen LogP) is 1.76. The second kappa shape index (κ2) is 6.89. The van der Waals surface area contributed by atoms with Crippen LogP contribution in [0.25, 0.3) is 0 Å². The van der Waals surface area contributed by atoms with E-state index in [1.165, 1.54) is 6.33 Å². The Morgan fingerprint density at radius 3 is 2.50 bits per heavy atom. The number of nitrogens with zero attached hydrogens (tertiary/aromatic N) is 5. The number of urea groups is 1. The first-order valence-corrected chi connectivity index (χ1v) is 7.64. The smallest absolute Gasteiger partial charge is 0.319 e. The molecule has 0 unspecified atom stereocenters. The van der Waals surface area contributed by atoms with Crippen LogP contribution in [-0.4, -0.2) is 66.1 Å². The number of hydrogen-bond acceptors (Lipinski definition) is 4. The Hall–Kier alpha value is -1.92. The molecule has 0 N–H and O–H groups in total. The van der Waals surface area contributed by atoms with Crippen molar-refractivity contribution in [3.63, 3.8) is 0 Å². The molecule has 1 saturated heterocycles. The maximum Gasteiger partial charge on any atom is 0.319 e. The second-order valence-electron chi connectivity index (χ2n) is 5.82. The summed E-state index contributed by atoms with van der Waals surface area (Å²) in [6.45, 7) is 3.25. The minimum atomic E-state index is -0.318. The van der Waals surface area contributed by atoms with Crippen LogP contribution in [0.3, 0.4) is 0 Å². The fourth-order valence-electron chi connectivity index (χ4n) is 2.80. The van der Waals surface area contributed by atoms with Crippen LogP contribution in [0.4, 0.5) is 15.0 Å². The molecule has 1 fully saturated rings. The van der Waals surface area contributed by atoms with Crippen molar-refractivity contribution in [2.45, 2.75) is 32.2 Å². The second-order valence-corrected chi connectivity index (χ2v) is 5.82. The van der Waals surface area contributed by atoms with Crippen molar-refractivity contribution in [1.82, 2.24) is 19.8 Å². The van der Waals surface area contributed by atoms with Crippen LogP contribution in [0.5, 0.6) is 0 Å². The molecule has 122 valence electrons. The Labute approximate surface area is 130 Å². The molecule has 0 spiro atoms. The number of aryl methyl sites for hydroxylation is 1. The summed E-state index contributed by atoms with van der Waals surface area (Å²) < 4.78 is 14.3. The number of anilines is 1. The number of amides is 2. The number of carbonyl (C=O) groups excluding carboxylic acids is 1. The average molecular weight is 309 g/mol. The van der Waals surface area contributed by atoms with Gasteiger partial charge in [0.1, 0.15) is 6.33 Å². The summed E-state index contributed by atoms with van der Waals surface area (Å²) in [5.41, 5.74) is 0.451. The van der Waals surface area contributed by atoms with Gasteiger partial charge in [0.05, 0.1) is 5.69 Å². The zero-order valence-electron chi connectivity index (χ0n) is 13.7. The average Bonchev–Trinajstić information content (AvgIpc) is 2.54. The molecule has 0 radical (unpaired) electrons. The van der Waals surface area contributed by atoms with Crippen LogP contribution >= 0.6 is 0 Å². The largest absolute Gasteiger partial charge is 0.354 e. The van der Waals surface area contributed by atoms with Crippen molar-refractivity contribution in [2.75, 3.05) is 39.1 Å². The van der Waals surface area contributed by atoms with E-state index in [-0.39, 0.29) is 17.9 Å². The highest BCUT2D eigenvalue weighted by atomic mass is 19.1. The molecule has 2 amide bonds. The van der Waals surface area contributed by atoms with Crippen molar-refractivity contribution < 1.29 is 9.18 Å². The monoisotopic (exact) mass is 309 g/mol. The quantitative estimate of drug-likeness (QED) is 0.854. The molecular weight excluding hydrogens is 285 g/mol. The Bertz CT molecular complexity index is 529. The number of aromatic nitrogens is 2. The van der Waals surface area contributed by atoms with Gasteiger partial charge in [0.2, 0.25) is 0 Å². The van der Waals surface area contributed by atoms with Gasteiger partial charge in [0, 0.05) is 40.3 Å². The van der Waals surface area contributed by atoms with Gasteiger partial charge in [-0.1, -0.05) is 6.92 Å². The van der Waals surface area contributed by atoms with Crippen molar-refractivity contribution in [3.05, 3.63) is 17.8 Å². The first-order valence-electron chi connectivity index (χ1n) is 7.64. The molecule has 0 aromatic carbocycles. The van der Waals surface area contributed by atoms with Gasteiger partial charge in [0.25, 0.3) is 0 Å². The predicted molar refractivity (Wildman–Crippen MR) is 83.4 cm³/mol. The summed E-state index contributed by atoms with van der Waals surface area (Å²) in [5, 5.41) is 0. The van der Waals surface area contributed by atoms with Crippen LogP contribution < -0.4 is 4.90 Å². The zero-order valence-corrected chi connectivity index (χ0v) is 13.7. The Morgan fingerprint density at radius 1 is 1.32 bits per heavy atom. The van der Waals surface area contributed by atoms with E-state index in [4.69, 9.17) is 0 Å². The molecule has 0 saturated carbocycles. The van der Waals surface area contributed by atoms with Gasteiger partial charge in [0.15, 0.2) is 11.6 Å². The fourth-order valence-corrected chi connectivity index (χ4v) is 2.80. The summed E-state index contributed by atoms with van der Waals surface area (Å²) in [7, 11) is 5.32. The van der Waals surface area contributed by atoms with E-state index in [1.54, 1.807) is 23.9 Å². The Morgan fingerprint density at radius 2 is 1.95 bits per heavy atom. The highest BCUT2D eigenvalue weighted by Crippen LogP contribution is 2.24. The Balaban J connectivity index is 2.02. The maximum absolute atomic E-state index is 14.3. The van der Waals surface area contributed by atoms with E-state index in [0.717, 1.165) is 12.8 Å². The topological polar surface area (TPSA) is 52.6 Å². The molecule has 1 aromatic rings. The van der Waals surface area contributed by atoms with Crippen molar-refractivity contribution in [2.24, 2.45) is 0 Å². The van der Waals surface area contributed by atoms with Crippen LogP contribution in [0, 0.1) is 5.82 Å². The van der Waals surface area contributed by atoms with Crippen LogP contribution in [0.15, 0.2) is 6.33 Å². The lowest BCUT2D eigenvalue weighted by Gasteiger charge is -2.38. The number of carbonyl (C=O) groups is 1. The van der Waals surface area contributed by atoms with Gasteiger partial charge in [-0.25, -0.2) is 19.2 Å². The normalized spacial score (nSPS) is 15.8. The molecule has 2 rings (SSSR count). The number of hydrogen-bond donors (Lipinski definition) is 0.